The summed E-state index contributed by atoms with van der Waals surface area (Å²) in [6.45, 7) is 5.85. The molecule has 0 saturated carbocycles. The summed E-state index contributed by atoms with van der Waals surface area (Å²) < 4.78 is 14.7. The fraction of sp³-hybridized carbons (Fsp3) is 0.167. The topological polar surface area (TPSA) is 21.6 Å². The summed E-state index contributed by atoms with van der Waals surface area (Å²) in [4.78, 5) is 5.68. The summed E-state index contributed by atoms with van der Waals surface area (Å²) in [7, 11) is 0. The SMILES string of the molecule is C=CC1(c2cc(Cl)c(F)c(Cl)c2)CC(c2ccc(Br)c(C)c2)=NO1. The lowest BCUT2D eigenvalue weighted by atomic mass is 9.87. The molecule has 3 rings (SSSR count). The van der Waals surface area contributed by atoms with Crippen molar-refractivity contribution >= 4 is 44.8 Å². The number of rotatable bonds is 3. The quantitative estimate of drug-likeness (QED) is 0.408. The molecular weight excluding hydrogens is 416 g/mol. The maximum absolute atomic E-state index is 13.7. The third kappa shape index (κ3) is 2.99. The highest BCUT2D eigenvalue weighted by Gasteiger charge is 2.39. The molecule has 2 aromatic carbocycles. The molecule has 0 fully saturated rings. The summed E-state index contributed by atoms with van der Waals surface area (Å²) in [6.07, 6.45) is 2.09. The van der Waals surface area contributed by atoms with Gasteiger partial charge in [0.1, 0.15) is 0 Å². The Balaban J connectivity index is 1.97. The molecule has 0 N–H and O–H groups in total. The van der Waals surface area contributed by atoms with Crippen molar-refractivity contribution in [2.24, 2.45) is 5.16 Å². The van der Waals surface area contributed by atoms with E-state index in [4.69, 9.17) is 28.0 Å². The Morgan fingerprint density at radius 3 is 2.54 bits per heavy atom. The van der Waals surface area contributed by atoms with Crippen LogP contribution in [0.15, 0.2) is 52.6 Å². The summed E-state index contributed by atoms with van der Waals surface area (Å²) in [5, 5.41) is 4.09. The maximum atomic E-state index is 13.7. The third-order valence-corrected chi connectivity index (χ3v) is 5.48. The molecule has 0 aromatic heterocycles. The first kappa shape index (κ1) is 17.5. The number of oxime groups is 1. The van der Waals surface area contributed by atoms with Gasteiger partial charge < -0.3 is 4.84 Å². The molecule has 0 spiro atoms. The molecule has 0 radical (unpaired) electrons. The predicted octanol–water partition coefficient (Wildman–Crippen LogP) is 6.41. The van der Waals surface area contributed by atoms with Gasteiger partial charge in [-0.15, -0.1) is 0 Å². The van der Waals surface area contributed by atoms with Gasteiger partial charge in [-0.25, -0.2) is 4.39 Å². The van der Waals surface area contributed by atoms with Gasteiger partial charge in [0.15, 0.2) is 11.4 Å². The lowest BCUT2D eigenvalue weighted by Crippen LogP contribution is -2.23. The van der Waals surface area contributed by atoms with Gasteiger partial charge in [-0.2, -0.15) is 0 Å². The van der Waals surface area contributed by atoms with Crippen LogP contribution in [0.25, 0.3) is 0 Å². The Morgan fingerprint density at radius 1 is 1.29 bits per heavy atom. The molecular formula is C18H13BrCl2FNO. The molecule has 0 bridgehead atoms. The summed E-state index contributed by atoms with van der Waals surface area (Å²) in [5.41, 5.74) is 2.53. The lowest BCUT2D eigenvalue weighted by molar-refractivity contribution is 0.0180. The average molecular weight is 429 g/mol. The number of nitrogens with zero attached hydrogens (tertiary/aromatic N) is 1. The van der Waals surface area contributed by atoms with E-state index in [1.165, 1.54) is 12.1 Å². The van der Waals surface area contributed by atoms with Crippen LogP contribution in [0, 0.1) is 12.7 Å². The number of aryl methyl sites for hydroxylation is 1. The normalized spacial score (nSPS) is 19.8. The number of hydrogen-bond donors (Lipinski definition) is 0. The van der Waals surface area contributed by atoms with Crippen LogP contribution in [0.1, 0.15) is 23.1 Å². The van der Waals surface area contributed by atoms with Crippen molar-refractivity contribution in [2.45, 2.75) is 18.9 Å². The first-order valence-electron chi connectivity index (χ1n) is 7.16. The van der Waals surface area contributed by atoms with Crippen LogP contribution in [0.4, 0.5) is 4.39 Å². The van der Waals surface area contributed by atoms with Crippen LogP contribution in [-0.4, -0.2) is 5.71 Å². The summed E-state index contributed by atoms with van der Waals surface area (Å²) in [5.74, 6) is -0.649. The van der Waals surface area contributed by atoms with E-state index in [-0.39, 0.29) is 10.0 Å². The van der Waals surface area contributed by atoms with Crippen molar-refractivity contribution in [3.8, 4) is 0 Å². The van der Waals surface area contributed by atoms with E-state index >= 15 is 0 Å². The molecule has 0 amide bonds. The van der Waals surface area contributed by atoms with Gasteiger partial charge in [-0.05, 0) is 48.4 Å². The van der Waals surface area contributed by atoms with Crippen LogP contribution in [-0.2, 0) is 10.4 Å². The van der Waals surface area contributed by atoms with Gasteiger partial charge in [0.25, 0.3) is 0 Å². The molecule has 1 heterocycles. The molecule has 6 heteroatoms. The second-order valence-electron chi connectivity index (χ2n) is 5.62. The first-order chi connectivity index (χ1) is 11.4. The molecule has 0 saturated heterocycles. The zero-order valence-corrected chi connectivity index (χ0v) is 15.8. The fourth-order valence-electron chi connectivity index (χ4n) is 2.61. The highest BCUT2D eigenvalue weighted by molar-refractivity contribution is 9.10. The Kier molecular flexibility index (Phi) is 4.73. The molecule has 2 nitrogen and oxygen atoms in total. The van der Waals surface area contributed by atoms with E-state index in [0.29, 0.717) is 12.0 Å². The van der Waals surface area contributed by atoms with Crippen LogP contribution < -0.4 is 0 Å². The van der Waals surface area contributed by atoms with Gasteiger partial charge in [0.2, 0.25) is 0 Å². The zero-order chi connectivity index (χ0) is 17.5. The van der Waals surface area contributed by atoms with Gasteiger partial charge >= 0.3 is 0 Å². The van der Waals surface area contributed by atoms with Gasteiger partial charge in [0, 0.05) is 16.5 Å². The number of benzene rings is 2. The Labute approximate surface area is 158 Å². The second kappa shape index (κ2) is 6.51. The highest BCUT2D eigenvalue weighted by atomic mass is 79.9. The minimum Gasteiger partial charge on any atom is -0.379 e. The van der Waals surface area contributed by atoms with E-state index in [9.17, 15) is 4.39 Å². The monoisotopic (exact) mass is 427 g/mol. The first-order valence-corrected chi connectivity index (χ1v) is 8.71. The lowest BCUT2D eigenvalue weighted by Gasteiger charge is -2.23. The highest BCUT2D eigenvalue weighted by Crippen LogP contribution is 2.40. The Morgan fingerprint density at radius 2 is 1.96 bits per heavy atom. The van der Waals surface area contributed by atoms with Crippen molar-refractivity contribution < 1.29 is 9.23 Å². The van der Waals surface area contributed by atoms with Crippen molar-refractivity contribution in [1.29, 1.82) is 0 Å². The van der Waals surface area contributed by atoms with E-state index in [2.05, 4.69) is 27.7 Å². The number of hydrogen-bond acceptors (Lipinski definition) is 2. The van der Waals surface area contributed by atoms with Crippen LogP contribution in [0.3, 0.4) is 0 Å². The molecule has 124 valence electrons. The van der Waals surface area contributed by atoms with Crippen LogP contribution in [0.2, 0.25) is 10.0 Å². The average Bonchev–Trinajstić information content (AvgIpc) is 3.00. The minimum atomic E-state index is -0.919. The number of halogens is 4. The molecule has 1 aliphatic rings. The second-order valence-corrected chi connectivity index (χ2v) is 7.29. The predicted molar refractivity (Wildman–Crippen MR) is 99.4 cm³/mol. The van der Waals surface area contributed by atoms with Gasteiger partial charge in [-0.3, -0.25) is 0 Å². The largest absolute Gasteiger partial charge is 0.379 e. The van der Waals surface area contributed by atoms with Gasteiger partial charge in [-0.1, -0.05) is 56.9 Å². The van der Waals surface area contributed by atoms with Crippen molar-refractivity contribution in [3.05, 3.63) is 80.0 Å². The maximum Gasteiger partial charge on any atom is 0.186 e. The molecule has 24 heavy (non-hydrogen) atoms. The van der Waals surface area contributed by atoms with Crippen molar-refractivity contribution in [2.75, 3.05) is 0 Å². The van der Waals surface area contributed by atoms with Crippen molar-refractivity contribution in [1.82, 2.24) is 0 Å². The smallest absolute Gasteiger partial charge is 0.186 e. The van der Waals surface area contributed by atoms with Crippen LogP contribution >= 0.6 is 39.1 Å². The molecule has 1 unspecified atom stereocenters. The molecule has 2 aromatic rings. The van der Waals surface area contributed by atoms with Gasteiger partial charge in [0.05, 0.1) is 15.8 Å². The van der Waals surface area contributed by atoms with Crippen molar-refractivity contribution in [3.63, 3.8) is 0 Å². The van der Waals surface area contributed by atoms with Crippen LogP contribution in [0.5, 0.6) is 0 Å². The zero-order valence-electron chi connectivity index (χ0n) is 12.7. The summed E-state index contributed by atoms with van der Waals surface area (Å²) in [6, 6.07) is 8.94. The third-order valence-electron chi connectivity index (χ3n) is 4.04. The molecule has 1 atom stereocenters. The standard InChI is InChI=1S/C18H13BrCl2FNO/c1-3-18(12-7-14(20)17(22)15(21)8-12)9-16(23-24-18)11-4-5-13(19)10(2)6-11/h3-8H,1,9H2,2H3. The van der Waals surface area contributed by atoms with E-state index in [0.717, 1.165) is 21.3 Å². The summed E-state index contributed by atoms with van der Waals surface area (Å²) >= 11 is 15.3. The Bertz CT molecular complexity index is 845. The molecule has 1 aliphatic heterocycles. The minimum absolute atomic E-state index is 0.0599. The fourth-order valence-corrected chi connectivity index (χ4v) is 3.34. The van der Waals surface area contributed by atoms with E-state index < -0.39 is 11.4 Å². The Hall–Kier alpha value is -1.36. The molecule has 0 aliphatic carbocycles. The van der Waals surface area contributed by atoms with E-state index in [1.807, 2.05) is 25.1 Å². The van der Waals surface area contributed by atoms with E-state index in [1.54, 1.807) is 6.08 Å².